The van der Waals surface area contributed by atoms with Crippen LogP contribution in [0, 0.1) is 6.92 Å². The van der Waals surface area contributed by atoms with Crippen molar-refractivity contribution < 1.29 is 13.2 Å². The molecule has 5 nitrogen and oxygen atoms in total. The van der Waals surface area contributed by atoms with Crippen molar-refractivity contribution in [2.45, 2.75) is 43.0 Å². The Morgan fingerprint density at radius 2 is 1.75 bits per heavy atom. The van der Waals surface area contributed by atoms with Crippen molar-refractivity contribution >= 4 is 39.3 Å². The van der Waals surface area contributed by atoms with Gasteiger partial charge in [0.25, 0.3) is 5.91 Å². The van der Waals surface area contributed by atoms with Crippen LogP contribution in [0.3, 0.4) is 0 Å². The van der Waals surface area contributed by atoms with Crippen LogP contribution in [0.25, 0.3) is 0 Å². The van der Waals surface area contributed by atoms with Crippen LogP contribution in [0.5, 0.6) is 0 Å². The molecule has 0 spiro atoms. The van der Waals surface area contributed by atoms with Crippen molar-refractivity contribution in [3.63, 3.8) is 0 Å². The zero-order valence-electron chi connectivity index (χ0n) is 16.4. The highest BCUT2D eigenvalue weighted by atomic mass is 35.5. The molecule has 2 aromatic rings. The zero-order chi connectivity index (χ0) is 20.9. The standard InChI is InChI=1S/C20H25ClN2O3S2/c1-14-5-10-17(28(25,26)23-20(2,3)4)13-18(14)19(24)22-11-12-27-16-8-6-15(21)7-9-16/h5-10,13,23H,11-12H2,1-4H3,(H,22,24). The molecule has 2 aromatic carbocycles. The van der Waals surface area contributed by atoms with Crippen LogP contribution >= 0.6 is 23.4 Å². The molecule has 8 heteroatoms. The van der Waals surface area contributed by atoms with Gasteiger partial charge in [-0.3, -0.25) is 4.79 Å². The first-order valence-corrected chi connectivity index (χ1v) is 11.6. The SMILES string of the molecule is Cc1ccc(S(=O)(=O)NC(C)(C)C)cc1C(=O)NCCSc1ccc(Cl)cc1. The molecule has 2 N–H and O–H groups in total. The van der Waals surface area contributed by atoms with Crippen molar-refractivity contribution in [3.8, 4) is 0 Å². The molecule has 0 aromatic heterocycles. The van der Waals surface area contributed by atoms with Crippen molar-refractivity contribution in [2.75, 3.05) is 12.3 Å². The van der Waals surface area contributed by atoms with Crippen LogP contribution in [-0.4, -0.2) is 32.2 Å². The first kappa shape index (κ1) is 22.7. The van der Waals surface area contributed by atoms with Gasteiger partial charge in [0.1, 0.15) is 0 Å². The van der Waals surface area contributed by atoms with Crippen LogP contribution in [0.2, 0.25) is 5.02 Å². The first-order valence-electron chi connectivity index (χ1n) is 8.79. The summed E-state index contributed by atoms with van der Waals surface area (Å²) < 4.78 is 27.6. The van der Waals surface area contributed by atoms with Gasteiger partial charge in [-0.15, -0.1) is 11.8 Å². The molecule has 0 heterocycles. The predicted octanol–water partition coefficient (Wildman–Crippen LogP) is 4.25. The molecule has 0 atom stereocenters. The average molecular weight is 441 g/mol. The summed E-state index contributed by atoms with van der Waals surface area (Å²) in [6.07, 6.45) is 0. The molecule has 152 valence electrons. The van der Waals surface area contributed by atoms with Crippen LogP contribution in [-0.2, 0) is 10.0 Å². The smallest absolute Gasteiger partial charge is 0.251 e. The normalized spacial score (nSPS) is 12.0. The van der Waals surface area contributed by atoms with E-state index in [-0.39, 0.29) is 10.8 Å². The molecule has 0 fully saturated rings. The van der Waals surface area contributed by atoms with E-state index in [4.69, 9.17) is 11.6 Å². The number of hydrogen-bond acceptors (Lipinski definition) is 4. The van der Waals surface area contributed by atoms with E-state index >= 15 is 0 Å². The van der Waals surface area contributed by atoms with Gasteiger partial charge >= 0.3 is 0 Å². The van der Waals surface area contributed by atoms with Gasteiger partial charge in [0.05, 0.1) is 4.90 Å². The van der Waals surface area contributed by atoms with Crippen molar-refractivity contribution in [2.24, 2.45) is 0 Å². The monoisotopic (exact) mass is 440 g/mol. The zero-order valence-corrected chi connectivity index (χ0v) is 18.8. The maximum atomic E-state index is 12.5. The van der Waals surface area contributed by atoms with Crippen molar-refractivity contribution in [3.05, 3.63) is 58.6 Å². The molecule has 2 rings (SSSR count). The Labute approximate surface area is 176 Å². The molecule has 0 aliphatic carbocycles. The molecular formula is C20H25ClN2O3S2. The van der Waals surface area contributed by atoms with Crippen LogP contribution in [0.4, 0.5) is 0 Å². The number of benzene rings is 2. The minimum Gasteiger partial charge on any atom is -0.351 e. The number of amides is 1. The fourth-order valence-electron chi connectivity index (χ4n) is 2.43. The maximum absolute atomic E-state index is 12.5. The van der Waals surface area contributed by atoms with Crippen LogP contribution < -0.4 is 10.0 Å². The predicted molar refractivity (Wildman–Crippen MR) is 116 cm³/mol. The summed E-state index contributed by atoms with van der Waals surface area (Å²) in [6, 6.07) is 12.1. The largest absolute Gasteiger partial charge is 0.351 e. The highest BCUT2D eigenvalue weighted by Crippen LogP contribution is 2.20. The highest BCUT2D eigenvalue weighted by Gasteiger charge is 2.23. The number of thioether (sulfide) groups is 1. The quantitative estimate of drug-likeness (QED) is 0.498. The number of rotatable bonds is 7. The van der Waals surface area contributed by atoms with Crippen LogP contribution in [0.1, 0.15) is 36.7 Å². The molecule has 0 aliphatic heterocycles. The van der Waals surface area contributed by atoms with E-state index in [1.54, 1.807) is 45.5 Å². The van der Waals surface area contributed by atoms with Crippen molar-refractivity contribution in [1.82, 2.24) is 10.0 Å². The van der Waals surface area contributed by atoms with E-state index in [9.17, 15) is 13.2 Å². The number of halogens is 1. The maximum Gasteiger partial charge on any atom is 0.251 e. The molecule has 1 amide bonds. The summed E-state index contributed by atoms with van der Waals surface area (Å²) in [7, 11) is -3.70. The summed E-state index contributed by atoms with van der Waals surface area (Å²) in [5.41, 5.74) is 0.469. The number of aryl methyl sites for hydroxylation is 1. The van der Waals surface area contributed by atoms with E-state index < -0.39 is 15.6 Å². The van der Waals surface area contributed by atoms with E-state index in [0.29, 0.717) is 22.9 Å². The van der Waals surface area contributed by atoms with Gasteiger partial charge in [-0.25, -0.2) is 13.1 Å². The Kier molecular flexibility index (Phi) is 7.56. The lowest BCUT2D eigenvalue weighted by Gasteiger charge is -2.20. The Bertz CT molecular complexity index is 937. The van der Waals surface area contributed by atoms with Gasteiger partial charge in [-0.2, -0.15) is 0 Å². The summed E-state index contributed by atoms with van der Waals surface area (Å²) >= 11 is 7.47. The molecule has 0 saturated carbocycles. The lowest BCUT2D eigenvalue weighted by Crippen LogP contribution is -2.40. The third kappa shape index (κ3) is 6.81. The highest BCUT2D eigenvalue weighted by molar-refractivity contribution is 7.99. The number of carbonyl (C=O) groups excluding carboxylic acids is 1. The minimum absolute atomic E-state index is 0.0775. The lowest BCUT2D eigenvalue weighted by molar-refractivity contribution is 0.0955. The van der Waals surface area contributed by atoms with Gasteiger partial charge in [0.2, 0.25) is 10.0 Å². The van der Waals surface area contributed by atoms with Gasteiger partial charge in [-0.05, 0) is 69.7 Å². The summed E-state index contributed by atoms with van der Waals surface area (Å²) in [5.74, 6) is 0.401. The Morgan fingerprint density at radius 3 is 2.36 bits per heavy atom. The number of nitrogens with one attached hydrogen (secondary N) is 2. The second-order valence-corrected chi connectivity index (χ2v) is 10.7. The third-order valence-electron chi connectivity index (χ3n) is 3.67. The Balaban J connectivity index is 2.01. The van der Waals surface area contributed by atoms with Gasteiger partial charge in [0, 0.05) is 33.3 Å². The fourth-order valence-corrected chi connectivity index (χ4v) is 4.77. The molecule has 0 bridgehead atoms. The number of hydrogen-bond donors (Lipinski definition) is 2. The third-order valence-corrected chi connectivity index (χ3v) is 6.70. The van der Waals surface area contributed by atoms with Gasteiger partial charge in [-0.1, -0.05) is 17.7 Å². The fraction of sp³-hybridized carbons (Fsp3) is 0.350. The molecule has 0 unspecified atom stereocenters. The topological polar surface area (TPSA) is 75.3 Å². The van der Waals surface area contributed by atoms with Gasteiger partial charge in [0.15, 0.2) is 0 Å². The summed E-state index contributed by atoms with van der Waals surface area (Å²) in [6.45, 7) is 7.55. The Hall–Kier alpha value is -1.54. The molecule has 0 aliphatic rings. The van der Waals surface area contributed by atoms with E-state index in [1.165, 1.54) is 12.1 Å². The molecule has 0 radical (unpaired) electrons. The molecule has 0 saturated heterocycles. The van der Waals surface area contributed by atoms with Crippen molar-refractivity contribution in [1.29, 1.82) is 0 Å². The first-order chi connectivity index (χ1) is 13.0. The van der Waals surface area contributed by atoms with E-state index in [0.717, 1.165) is 10.5 Å². The average Bonchev–Trinajstić information content (AvgIpc) is 2.58. The van der Waals surface area contributed by atoms with E-state index in [1.807, 2.05) is 24.3 Å². The second-order valence-electron chi connectivity index (χ2n) is 7.39. The van der Waals surface area contributed by atoms with Gasteiger partial charge < -0.3 is 5.32 Å². The van der Waals surface area contributed by atoms with E-state index in [2.05, 4.69) is 10.0 Å². The second kappa shape index (κ2) is 9.31. The summed E-state index contributed by atoms with van der Waals surface area (Å²) in [4.78, 5) is 13.7. The molecular weight excluding hydrogens is 416 g/mol. The number of carbonyl (C=O) groups is 1. The lowest BCUT2D eigenvalue weighted by atomic mass is 10.1. The van der Waals surface area contributed by atoms with Crippen LogP contribution in [0.15, 0.2) is 52.3 Å². The minimum atomic E-state index is -3.70. The molecule has 28 heavy (non-hydrogen) atoms. The number of sulfonamides is 1. The Morgan fingerprint density at radius 1 is 1.11 bits per heavy atom. The summed E-state index contributed by atoms with van der Waals surface area (Å²) in [5, 5.41) is 3.53.